The molecule has 3 aromatic rings. The van der Waals surface area contributed by atoms with Gasteiger partial charge in [-0.1, -0.05) is 6.07 Å². The maximum atomic E-state index is 13.1. The minimum atomic E-state index is -0.388. The van der Waals surface area contributed by atoms with E-state index in [1.807, 2.05) is 0 Å². The van der Waals surface area contributed by atoms with Crippen LogP contribution in [0.15, 0.2) is 65.4 Å². The van der Waals surface area contributed by atoms with Crippen molar-refractivity contribution in [2.24, 2.45) is 0 Å². The number of rotatable bonds is 9. The van der Waals surface area contributed by atoms with Crippen LogP contribution >= 0.6 is 0 Å². The maximum absolute atomic E-state index is 13.1. The van der Waals surface area contributed by atoms with Gasteiger partial charge in [-0.2, -0.15) is 0 Å². The quantitative estimate of drug-likeness (QED) is 0.499. The highest BCUT2D eigenvalue weighted by atomic mass is 16.6. The Kier molecular flexibility index (Phi) is 7.39. The molecule has 0 saturated heterocycles. The van der Waals surface area contributed by atoms with Gasteiger partial charge in [-0.15, -0.1) is 0 Å². The normalized spacial score (nSPS) is 12.0. The van der Waals surface area contributed by atoms with Gasteiger partial charge < -0.3 is 29.4 Å². The van der Waals surface area contributed by atoms with Crippen molar-refractivity contribution in [3.8, 4) is 11.5 Å². The van der Waals surface area contributed by atoms with Crippen LogP contribution in [0.2, 0.25) is 0 Å². The molecule has 1 aromatic carbocycles. The van der Waals surface area contributed by atoms with Gasteiger partial charge in [0.1, 0.15) is 31.3 Å². The third-order valence-corrected chi connectivity index (χ3v) is 4.98. The molecule has 0 unspecified atom stereocenters. The van der Waals surface area contributed by atoms with E-state index in [1.165, 1.54) is 11.2 Å². The summed E-state index contributed by atoms with van der Waals surface area (Å²) in [5.74, 6) is 0.942. The first-order valence-electron chi connectivity index (χ1n) is 10.8. The van der Waals surface area contributed by atoms with Gasteiger partial charge in [-0.3, -0.25) is 14.4 Å². The van der Waals surface area contributed by atoms with Crippen LogP contribution in [-0.4, -0.2) is 42.5 Å². The van der Waals surface area contributed by atoms with Crippen molar-refractivity contribution in [1.82, 2.24) is 10.3 Å². The summed E-state index contributed by atoms with van der Waals surface area (Å²) >= 11 is 0. The molecule has 10 nitrogen and oxygen atoms in total. The molecule has 1 aliphatic rings. The maximum Gasteiger partial charge on any atom is 0.240 e. The fourth-order valence-corrected chi connectivity index (χ4v) is 3.32. The molecule has 0 atom stereocenters. The molecule has 0 bridgehead atoms. The highest BCUT2D eigenvalue weighted by molar-refractivity contribution is 6.01. The van der Waals surface area contributed by atoms with Gasteiger partial charge in [-0.25, -0.2) is 4.98 Å². The lowest BCUT2D eigenvalue weighted by molar-refractivity contribution is -0.125. The lowest BCUT2D eigenvalue weighted by atomic mass is 10.2. The van der Waals surface area contributed by atoms with Crippen LogP contribution in [0.5, 0.6) is 11.5 Å². The Morgan fingerprint density at radius 1 is 0.941 bits per heavy atom. The summed E-state index contributed by atoms with van der Waals surface area (Å²) in [6.45, 7) is 0.791. The molecule has 0 radical (unpaired) electrons. The number of carbonyl (C=O) groups excluding carboxylic acids is 3. The van der Waals surface area contributed by atoms with Gasteiger partial charge in [0.15, 0.2) is 11.5 Å². The van der Waals surface area contributed by atoms with Crippen molar-refractivity contribution in [3.05, 3.63) is 66.8 Å². The number of pyridine rings is 1. The van der Waals surface area contributed by atoms with Gasteiger partial charge in [0, 0.05) is 30.8 Å². The Balaban J connectivity index is 1.43. The fourth-order valence-electron chi connectivity index (χ4n) is 3.32. The number of furan rings is 1. The molecule has 4 rings (SSSR count). The standard InChI is InChI=1S/C24H24N4O6/c29-22(27-21-5-1-2-10-25-21)8-9-24(31)28(16-23(30)26-15-18-4-3-11-32-18)17-6-7-19-20(14-17)34-13-12-33-19/h1-7,10-11,14H,8-9,12-13,15-16H2,(H,26,30)(H,25,27,29). The highest BCUT2D eigenvalue weighted by Gasteiger charge is 2.23. The summed E-state index contributed by atoms with van der Waals surface area (Å²) in [5.41, 5.74) is 0.465. The van der Waals surface area contributed by atoms with E-state index in [1.54, 1.807) is 54.7 Å². The Bertz CT molecular complexity index is 1130. The summed E-state index contributed by atoms with van der Waals surface area (Å²) < 4.78 is 16.4. The Morgan fingerprint density at radius 2 is 1.79 bits per heavy atom. The first-order chi connectivity index (χ1) is 16.6. The van der Waals surface area contributed by atoms with Crippen LogP contribution in [0.25, 0.3) is 0 Å². The lowest BCUT2D eigenvalue weighted by Gasteiger charge is -2.25. The molecule has 3 heterocycles. The topological polar surface area (TPSA) is 123 Å². The highest BCUT2D eigenvalue weighted by Crippen LogP contribution is 2.34. The first-order valence-corrected chi connectivity index (χ1v) is 10.8. The monoisotopic (exact) mass is 464 g/mol. The molecule has 176 valence electrons. The molecule has 3 amide bonds. The molecular formula is C24H24N4O6. The van der Waals surface area contributed by atoms with E-state index in [4.69, 9.17) is 13.9 Å². The molecule has 0 fully saturated rings. The zero-order valence-corrected chi connectivity index (χ0v) is 18.4. The van der Waals surface area contributed by atoms with E-state index >= 15 is 0 Å². The van der Waals surface area contributed by atoms with Crippen LogP contribution in [0, 0.1) is 0 Å². The molecule has 2 N–H and O–H groups in total. The van der Waals surface area contributed by atoms with Crippen LogP contribution in [0.4, 0.5) is 11.5 Å². The van der Waals surface area contributed by atoms with Crippen molar-refractivity contribution >= 4 is 29.2 Å². The first kappa shape index (κ1) is 22.8. The predicted octanol–water partition coefficient (Wildman–Crippen LogP) is 2.51. The summed E-state index contributed by atoms with van der Waals surface area (Å²) in [5, 5.41) is 5.38. The second-order valence-electron chi connectivity index (χ2n) is 7.43. The largest absolute Gasteiger partial charge is 0.486 e. The van der Waals surface area contributed by atoms with E-state index < -0.39 is 0 Å². The molecule has 0 aliphatic carbocycles. The number of hydrogen-bond donors (Lipinski definition) is 2. The Morgan fingerprint density at radius 3 is 2.56 bits per heavy atom. The Labute approximate surface area is 195 Å². The number of hydrogen-bond acceptors (Lipinski definition) is 7. The number of nitrogens with one attached hydrogen (secondary N) is 2. The average molecular weight is 464 g/mol. The van der Waals surface area contributed by atoms with E-state index in [-0.39, 0.29) is 43.7 Å². The van der Waals surface area contributed by atoms with Crippen molar-refractivity contribution in [1.29, 1.82) is 0 Å². The third-order valence-electron chi connectivity index (χ3n) is 4.98. The van der Waals surface area contributed by atoms with Gasteiger partial charge in [-0.05, 0) is 36.4 Å². The van der Waals surface area contributed by atoms with E-state index in [0.29, 0.717) is 42.0 Å². The van der Waals surface area contributed by atoms with Gasteiger partial charge >= 0.3 is 0 Å². The van der Waals surface area contributed by atoms with Crippen LogP contribution in [0.1, 0.15) is 18.6 Å². The van der Waals surface area contributed by atoms with Gasteiger partial charge in [0.25, 0.3) is 0 Å². The lowest BCUT2D eigenvalue weighted by Crippen LogP contribution is -2.41. The number of carbonyl (C=O) groups is 3. The summed E-state index contributed by atoms with van der Waals surface area (Å²) in [6.07, 6.45) is 2.91. The molecule has 0 saturated carbocycles. The Hall–Kier alpha value is -4.34. The number of benzene rings is 1. The zero-order valence-electron chi connectivity index (χ0n) is 18.4. The van der Waals surface area contributed by atoms with Gasteiger partial charge in [0.05, 0.1) is 12.8 Å². The summed E-state index contributed by atoms with van der Waals surface area (Å²) in [4.78, 5) is 43.3. The van der Waals surface area contributed by atoms with E-state index in [2.05, 4.69) is 15.6 Å². The average Bonchev–Trinajstić information content (AvgIpc) is 3.39. The van der Waals surface area contributed by atoms with Crippen LogP contribution in [-0.2, 0) is 20.9 Å². The molecule has 1 aliphatic heterocycles. The number of anilines is 2. The van der Waals surface area contributed by atoms with Crippen molar-refractivity contribution < 1.29 is 28.3 Å². The second kappa shape index (κ2) is 11.0. The van der Waals surface area contributed by atoms with Crippen molar-refractivity contribution in [3.63, 3.8) is 0 Å². The SMILES string of the molecule is O=C(CN(C(=O)CCC(=O)Nc1ccccn1)c1ccc2c(c1)OCCO2)NCc1ccco1. The fraction of sp³-hybridized carbons (Fsp3) is 0.250. The molecule has 0 spiro atoms. The minimum Gasteiger partial charge on any atom is -0.486 e. The zero-order chi connectivity index (χ0) is 23.8. The summed E-state index contributed by atoms with van der Waals surface area (Å²) in [7, 11) is 0. The molecule has 34 heavy (non-hydrogen) atoms. The third kappa shape index (κ3) is 6.12. The minimum absolute atomic E-state index is 0.0650. The van der Waals surface area contributed by atoms with Crippen molar-refractivity contribution in [2.75, 3.05) is 30.0 Å². The molecular weight excluding hydrogens is 440 g/mol. The van der Waals surface area contributed by atoms with E-state index in [0.717, 1.165) is 0 Å². The van der Waals surface area contributed by atoms with Crippen molar-refractivity contribution in [2.45, 2.75) is 19.4 Å². The van der Waals surface area contributed by atoms with Crippen LogP contribution in [0.3, 0.4) is 0 Å². The van der Waals surface area contributed by atoms with E-state index in [9.17, 15) is 14.4 Å². The number of nitrogens with zero attached hydrogens (tertiary/aromatic N) is 2. The smallest absolute Gasteiger partial charge is 0.240 e. The molecule has 10 heteroatoms. The second-order valence-corrected chi connectivity index (χ2v) is 7.43. The number of aromatic nitrogens is 1. The van der Waals surface area contributed by atoms with Gasteiger partial charge in [0.2, 0.25) is 17.7 Å². The molecule has 2 aromatic heterocycles. The number of amides is 3. The number of ether oxygens (including phenoxy) is 2. The predicted molar refractivity (Wildman–Crippen MR) is 122 cm³/mol. The van der Waals surface area contributed by atoms with Crippen LogP contribution < -0.4 is 25.0 Å². The summed E-state index contributed by atoms with van der Waals surface area (Å²) in [6, 6.07) is 13.6. The number of fused-ring (bicyclic) bond motifs is 1.